The molecule has 0 spiro atoms. The number of hydrogen-bond donors (Lipinski definition) is 0. The number of halogens is 1. The van der Waals surface area contributed by atoms with Crippen LogP contribution < -0.4 is 4.90 Å². The van der Waals surface area contributed by atoms with E-state index in [1.807, 2.05) is 39.8 Å². The fraction of sp³-hybridized carbons (Fsp3) is 0.588. The van der Waals surface area contributed by atoms with Gasteiger partial charge in [-0.15, -0.1) is 0 Å². The SMILES string of the molecule is CCO[C@@H]1C(C)Cc2cc(Cl)ccc2N1C(=O)OC(C)(C)C. The third-order valence-corrected chi connectivity index (χ3v) is 3.75. The molecule has 0 aromatic heterocycles. The lowest BCUT2D eigenvalue weighted by Crippen LogP contribution is -2.51. The van der Waals surface area contributed by atoms with Crippen LogP contribution in [0.15, 0.2) is 18.2 Å². The molecule has 1 unspecified atom stereocenters. The Bertz CT molecular complexity index is 553. The summed E-state index contributed by atoms with van der Waals surface area (Å²) in [5, 5.41) is 0.671. The van der Waals surface area contributed by atoms with Crippen LogP contribution in [0.1, 0.15) is 40.2 Å². The summed E-state index contributed by atoms with van der Waals surface area (Å²) in [6.45, 7) is 10.1. The maximum atomic E-state index is 12.7. The van der Waals surface area contributed by atoms with Gasteiger partial charge in [0.1, 0.15) is 11.8 Å². The zero-order chi connectivity index (χ0) is 16.5. The fourth-order valence-corrected chi connectivity index (χ4v) is 2.91. The topological polar surface area (TPSA) is 38.8 Å². The normalized spacial score (nSPS) is 21.5. The zero-order valence-corrected chi connectivity index (χ0v) is 14.6. The van der Waals surface area contributed by atoms with Crippen LogP contribution in [-0.2, 0) is 15.9 Å². The first kappa shape index (κ1) is 17.1. The minimum Gasteiger partial charge on any atom is -0.443 e. The summed E-state index contributed by atoms with van der Waals surface area (Å²) in [6, 6.07) is 5.56. The molecule has 0 saturated carbocycles. The molecular weight excluding hydrogens is 302 g/mol. The van der Waals surface area contributed by atoms with Gasteiger partial charge in [-0.2, -0.15) is 0 Å². The number of fused-ring (bicyclic) bond motifs is 1. The van der Waals surface area contributed by atoms with Crippen molar-refractivity contribution in [1.29, 1.82) is 0 Å². The molecule has 1 aliphatic heterocycles. The van der Waals surface area contributed by atoms with Crippen LogP contribution in [0.25, 0.3) is 0 Å². The summed E-state index contributed by atoms with van der Waals surface area (Å²) < 4.78 is 11.4. The lowest BCUT2D eigenvalue weighted by atomic mass is 9.92. The molecule has 0 N–H and O–H groups in total. The van der Waals surface area contributed by atoms with Crippen molar-refractivity contribution < 1.29 is 14.3 Å². The second kappa shape index (κ2) is 6.47. The average molecular weight is 326 g/mol. The minimum absolute atomic E-state index is 0.165. The first-order valence-corrected chi connectivity index (χ1v) is 8.03. The van der Waals surface area contributed by atoms with Gasteiger partial charge in [0.15, 0.2) is 0 Å². The van der Waals surface area contributed by atoms with E-state index in [1.54, 1.807) is 11.0 Å². The van der Waals surface area contributed by atoms with Crippen molar-refractivity contribution in [3.63, 3.8) is 0 Å². The van der Waals surface area contributed by atoms with Gasteiger partial charge in [0.2, 0.25) is 0 Å². The molecule has 1 amide bonds. The van der Waals surface area contributed by atoms with Crippen molar-refractivity contribution in [2.45, 2.75) is 52.9 Å². The summed E-state index contributed by atoms with van der Waals surface area (Å²) in [5.41, 5.74) is 1.30. The molecule has 0 fully saturated rings. The van der Waals surface area contributed by atoms with Crippen molar-refractivity contribution in [2.24, 2.45) is 5.92 Å². The Kier molecular flexibility index (Phi) is 5.03. The molecule has 0 radical (unpaired) electrons. The maximum absolute atomic E-state index is 12.7. The maximum Gasteiger partial charge on any atom is 0.416 e. The minimum atomic E-state index is -0.554. The monoisotopic (exact) mass is 325 g/mol. The van der Waals surface area contributed by atoms with E-state index >= 15 is 0 Å². The third-order valence-electron chi connectivity index (χ3n) is 3.51. The molecule has 2 atom stereocenters. The van der Waals surface area contributed by atoms with Gasteiger partial charge in [-0.3, -0.25) is 4.90 Å². The average Bonchev–Trinajstić information content (AvgIpc) is 2.37. The molecule has 2 rings (SSSR count). The highest BCUT2D eigenvalue weighted by molar-refractivity contribution is 6.30. The fourth-order valence-electron chi connectivity index (χ4n) is 2.71. The molecule has 5 heteroatoms. The standard InChI is InChI=1S/C17H24ClNO3/c1-6-21-15-11(2)9-12-10-13(18)7-8-14(12)19(15)16(20)22-17(3,4)5/h7-8,10-11,15H,6,9H2,1-5H3/t11?,15-/m1/s1. The first-order chi connectivity index (χ1) is 10.2. The van der Waals surface area contributed by atoms with Crippen LogP contribution in [0.3, 0.4) is 0 Å². The molecule has 0 saturated heterocycles. The van der Waals surface area contributed by atoms with Crippen LogP contribution in [0, 0.1) is 5.92 Å². The van der Waals surface area contributed by atoms with E-state index in [0.717, 1.165) is 17.7 Å². The number of anilines is 1. The lowest BCUT2D eigenvalue weighted by Gasteiger charge is -2.41. The van der Waals surface area contributed by atoms with Crippen LogP contribution in [0.5, 0.6) is 0 Å². The molecule has 22 heavy (non-hydrogen) atoms. The number of nitrogens with zero attached hydrogens (tertiary/aromatic N) is 1. The highest BCUT2D eigenvalue weighted by atomic mass is 35.5. The number of amides is 1. The lowest BCUT2D eigenvalue weighted by molar-refractivity contribution is 0.00330. The van der Waals surface area contributed by atoms with Crippen molar-refractivity contribution in [3.05, 3.63) is 28.8 Å². The van der Waals surface area contributed by atoms with Gasteiger partial charge in [0, 0.05) is 17.5 Å². The number of rotatable bonds is 2. The van der Waals surface area contributed by atoms with E-state index < -0.39 is 5.60 Å². The van der Waals surface area contributed by atoms with Gasteiger partial charge >= 0.3 is 6.09 Å². The number of hydrogen-bond acceptors (Lipinski definition) is 3. The predicted octanol–water partition coefficient (Wildman–Crippen LogP) is 4.64. The second-order valence-electron chi connectivity index (χ2n) is 6.65. The van der Waals surface area contributed by atoms with Crippen molar-refractivity contribution in [3.8, 4) is 0 Å². The van der Waals surface area contributed by atoms with E-state index in [0.29, 0.717) is 11.6 Å². The third kappa shape index (κ3) is 3.73. The summed E-state index contributed by atoms with van der Waals surface area (Å²) in [4.78, 5) is 14.3. The van der Waals surface area contributed by atoms with E-state index in [1.165, 1.54) is 0 Å². The Morgan fingerprint density at radius 3 is 2.68 bits per heavy atom. The van der Waals surface area contributed by atoms with Gasteiger partial charge < -0.3 is 9.47 Å². The quantitative estimate of drug-likeness (QED) is 0.795. The summed E-state index contributed by atoms with van der Waals surface area (Å²) in [5.74, 6) is 0.165. The smallest absolute Gasteiger partial charge is 0.416 e. The molecule has 0 bridgehead atoms. The molecule has 4 nitrogen and oxygen atoms in total. The molecule has 0 aliphatic carbocycles. The van der Waals surface area contributed by atoms with Crippen LogP contribution in [0.4, 0.5) is 10.5 Å². The largest absolute Gasteiger partial charge is 0.443 e. The van der Waals surface area contributed by atoms with Crippen molar-refractivity contribution in [1.82, 2.24) is 0 Å². The Hall–Kier alpha value is -1.26. The van der Waals surface area contributed by atoms with Crippen LogP contribution in [0.2, 0.25) is 5.02 Å². The highest BCUT2D eigenvalue weighted by Gasteiger charge is 2.38. The molecule has 1 heterocycles. The highest BCUT2D eigenvalue weighted by Crippen LogP contribution is 2.36. The van der Waals surface area contributed by atoms with Gasteiger partial charge in [0.25, 0.3) is 0 Å². The number of carbonyl (C=O) groups excluding carboxylic acids is 1. The Balaban J connectivity index is 2.42. The first-order valence-electron chi connectivity index (χ1n) is 7.65. The Morgan fingerprint density at radius 2 is 2.09 bits per heavy atom. The van der Waals surface area contributed by atoms with E-state index in [-0.39, 0.29) is 18.2 Å². The summed E-state index contributed by atoms with van der Waals surface area (Å²) in [7, 11) is 0. The zero-order valence-electron chi connectivity index (χ0n) is 13.9. The predicted molar refractivity (Wildman–Crippen MR) is 88.4 cm³/mol. The van der Waals surface area contributed by atoms with Gasteiger partial charge in [-0.05, 0) is 57.9 Å². The van der Waals surface area contributed by atoms with Gasteiger partial charge in [-0.1, -0.05) is 18.5 Å². The summed E-state index contributed by atoms with van der Waals surface area (Å²) >= 11 is 6.09. The Morgan fingerprint density at radius 1 is 1.41 bits per heavy atom. The van der Waals surface area contributed by atoms with Gasteiger partial charge in [-0.25, -0.2) is 4.79 Å². The number of carbonyl (C=O) groups is 1. The van der Waals surface area contributed by atoms with Crippen molar-refractivity contribution in [2.75, 3.05) is 11.5 Å². The molecule has 1 aromatic rings. The van der Waals surface area contributed by atoms with Gasteiger partial charge in [0.05, 0.1) is 5.69 Å². The van der Waals surface area contributed by atoms with Crippen molar-refractivity contribution >= 4 is 23.4 Å². The van der Waals surface area contributed by atoms with E-state index in [9.17, 15) is 4.79 Å². The molecule has 1 aliphatic rings. The Labute approximate surface area is 137 Å². The second-order valence-corrected chi connectivity index (χ2v) is 7.09. The number of benzene rings is 1. The van der Waals surface area contributed by atoms with E-state index in [2.05, 4.69) is 6.92 Å². The van der Waals surface area contributed by atoms with Crippen LogP contribution in [-0.4, -0.2) is 24.5 Å². The molecule has 1 aromatic carbocycles. The molecule has 122 valence electrons. The van der Waals surface area contributed by atoms with Crippen LogP contribution >= 0.6 is 11.6 Å². The molecular formula is C17H24ClNO3. The summed E-state index contributed by atoms with van der Waals surface area (Å²) in [6.07, 6.45) is 0.106. The van der Waals surface area contributed by atoms with E-state index in [4.69, 9.17) is 21.1 Å². The number of ether oxygens (including phenoxy) is 2.